The first-order valence-corrected chi connectivity index (χ1v) is 10.5. The zero-order chi connectivity index (χ0) is 19.4. The van der Waals surface area contributed by atoms with Crippen molar-refractivity contribution >= 4 is 11.6 Å². The van der Waals surface area contributed by atoms with E-state index in [0.717, 1.165) is 52.4 Å². The molecule has 1 amide bonds. The highest BCUT2D eigenvalue weighted by Gasteiger charge is 2.26. The summed E-state index contributed by atoms with van der Waals surface area (Å²) in [5, 5.41) is 0. The molecule has 0 N–H and O–H groups in total. The quantitative estimate of drug-likeness (QED) is 0.794. The number of benzene rings is 1. The van der Waals surface area contributed by atoms with E-state index in [1.165, 1.54) is 23.2 Å². The molecule has 5 nitrogen and oxygen atoms in total. The largest absolute Gasteiger partial charge is 0.369 e. The van der Waals surface area contributed by atoms with Crippen molar-refractivity contribution in [1.82, 2.24) is 14.7 Å². The molecular formula is C22H36N4O. The molecule has 27 heavy (non-hydrogen) atoms. The van der Waals surface area contributed by atoms with Crippen molar-refractivity contribution in [2.24, 2.45) is 0 Å². The summed E-state index contributed by atoms with van der Waals surface area (Å²) in [5.74, 6) is 0.305. The van der Waals surface area contributed by atoms with E-state index in [0.29, 0.717) is 18.5 Å². The van der Waals surface area contributed by atoms with Crippen LogP contribution in [-0.4, -0.2) is 85.6 Å². The van der Waals surface area contributed by atoms with Crippen LogP contribution in [0.1, 0.15) is 31.4 Å². The van der Waals surface area contributed by atoms with Gasteiger partial charge >= 0.3 is 0 Å². The lowest BCUT2D eigenvalue weighted by atomic mass is 10.1. The molecule has 2 fully saturated rings. The standard InChI is InChI=1S/C22H36N4O/c1-5-20(4)24-12-14-26(15-13-24)22(27)17-23-8-10-25(11-9-23)21-16-18(2)6-7-19(21)3/h6-7,16,20H,5,8-15,17H2,1-4H3. The lowest BCUT2D eigenvalue weighted by Gasteiger charge is -2.40. The summed E-state index contributed by atoms with van der Waals surface area (Å²) in [7, 11) is 0. The van der Waals surface area contributed by atoms with Gasteiger partial charge in [-0.25, -0.2) is 0 Å². The van der Waals surface area contributed by atoms with E-state index in [1.807, 2.05) is 0 Å². The van der Waals surface area contributed by atoms with Crippen LogP contribution in [0.4, 0.5) is 5.69 Å². The Balaban J connectivity index is 1.45. The number of nitrogens with zero attached hydrogens (tertiary/aromatic N) is 4. The van der Waals surface area contributed by atoms with E-state index < -0.39 is 0 Å². The minimum atomic E-state index is 0.305. The Morgan fingerprint density at radius 1 is 1.00 bits per heavy atom. The number of hydrogen-bond acceptors (Lipinski definition) is 4. The Hall–Kier alpha value is -1.59. The third-order valence-corrected chi connectivity index (χ3v) is 6.32. The van der Waals surface area contributed by atoms with Gasteiger partial charge in [0.1, 0.15) is 0 Å². The predicted octanol–water partition coefficient (Wildman–Crippen LogP) is 2.37. The molecule has 0 saturated carbocycles. The third-order valence-electron chi connectivity index (χ3n) is 6.32. The van der Waals surface area contributed by atoms with Crippen LogP contribution in [0.5, 0.6) is 0 Å². The maximum atomic E-state index is 12.7. The first-order chi connectivity index (χ1) is 13.0. The molecule has 0 aromatic heterocycles. The second-order valence-electron chi connectivity index (χ2n) is 8.23. The Morgan fingerprint density at radius 2 is 1.67 bits per heavy atom. The number of anilines is 1. The summed E-state index contributed by atoms with van der Waals surface area (Å²) < 4.78 is 0. The normalized spacial score (nSPS) is 20.7. The third kappa shape index (κ3) is 5.02. The Bertz CT molecular complexity index is 631. The summed E-state index contributed by atoms with van der Waals surface area (Å²) in [6.45, 7) is 17.1. The van der Waals surface area contributed by atoms with Crippen LogP contribution in [0.15, 0.2) is 18.2 Å². The fraction of sp³-hybridized carbons (Fsp3) is 0.682. The molecule has 0 spiro atoms. The van der Waals surface area contributed by atoms with E-state index in [9.17, 15) is 4.79 Å². The molecule has 3 rings (SSSR count). The van der Waals surface area contributed by atoms with Gasteiger partial charge in [0.05, 0.1) is 6.54 Å². The SMILES string of the molecule is CCC(C)N1CCN(C(=O)CN2CCN(c3cc(C)ccc3C)CC2)CC1. The number of amides is 1. The molecule has 0 aliphatic carbocycles. The first kappa shape index (κ1) is 20.2. The van der Waals surface area contributed by atoms with Crippen LogP contribution in [0, 0.1) is 13.8 Å². The molecule has 0 bridgehead atoms. The summed E-state index contributed by atoms with van der Waals surface area (Å²) in [4.78, 5) is 22.1. The number of carbonyl (C=O) groups is 1. The Kier molecular flexibility index (Phi) is 6.77. The molecule has 1 unspecified atom stereocenters. The molecule has 1 atom stereocenters. The van der Waals surface area contributed by atoms with Crippen molar-refractivity contribution in [3.63, 3.8) is 0 Å². The molecule has 5 heteroatoms. The Morgan fingerprint density at radius 3 is 2.30 bits per heavy atom. The average Bonchev–Trinajstić information content (AvgIpc) is 2.70. The molecule has 2 heterocycles. The van der Waals surface area contributed by atoms with E-state index in [4.69, 9.17) is 0 Å². The van der Waals surface area contributed by atoms with Gasteiger partial charge in [-0.1, -0.05) is 19.1 Å². The highest BCUT2D eigenvalue weighted by molar-refractivity contribution is 5.78. The number of piperazine rings is 2. The maximum absolute atomic E-state index is 12.7. The minimum Gasteiger partial charge on any atom is -0.369 e. The highest BCUT2D eigenvalue weighted by atomic mass is 16.2. The molecule has 0 radical (unpaired) electrons. The topological polar surface area (TPSA) is 30.0 Å². The summed E-state index contributed by atoms with van der Waals surface area (Å²) in [6.07, 6.45) is 1.18. The average molecular weight is 373 g/mol. The summed E-state index contributed by atoms with van der Waals surface area (Å²) >= 11 is 0. The second-order valence-corrected chi connectivity index (χ2v) is 8.23. The van der Waals surface area contributed by atoms with Crippen molar-refractivity contribution in [3.05, 3.63) is 29.3 Å². The van der Waals surface area contributed by atoms with Gasteiger partial charge in [-0.2, -0.15) is 0 Å². The van der Waals surface area contributed by atoms with Gasteiger partial charge in [-0.05, 0) is 44.4 Å². The number of hydrogen-bond donors (Lipinski definition) is 0. The zero-order valence-corrected chi connectivity index (χ0v) is 17.6. The van der Waals surface area contributed by atoms with Crippen LogP contribution in [-0.2, 0) is 4.79 Å². The van der Waals surface area contributed by atoms with Crippen molar-refractivity contribution < 1.29 is 4.79 Å². The van der Waals surface area contributed by atoms with Gasteiger partial charge in [0.2, 0.25) is 5.91 Å². The smallest absolute Gasteiger partial charge is 0.236 e. The Labute approximate surface area is 164 Å². The van der Waals surface area contributed by atoms with E-state index in [-0.39, 0.29) is 0 Å². The van der Waals surface area contributed by atoms with Crippen molar-refractivity contribution in [1.29, 1.82) is 0 Å². The molecule has 150 valence electrons. The van der Waals surface area contributed by atoms with Gasteiger partial charge in [0.15, 0.2) is 0 Å². The van der Waals surface area contributed by atoms with Crippen LogP contribution in [0.25, 0.3) is 0 Å². The monoisotopic (exact) mass is 372 g/mol. The van der Waals surface area contributed by atoms with Gasteiger partial charge in [-0.3, -0.25) is 14.6 Å². The maximum Gasteiger partial charge on any atom is 0.236 e. The highest BCUT2D eigenvalue weighted by Crippen LogP contribution is 2.22. The first-order valence-electron chi connectivity index (χ1n) is 10.5. The van der Waals surface area contributed by atoms with Gasteiger partial charge in [0, 0.05) is 64.1 Å². The van der Waals surface area contributed by atoms with E-state index in [2.05, 4.69) is 65.5 Å². The number of carbonyl (C=O) groups excluding carboxylic acids is 1. The molecular weight excluding hydrogens is 336 g/mol. The number of rotatable bonds is 5. The van der Waals surface area contributed by atoms with Crippen LogP contribution in [0.3, 0.4) is 0 Å². The molecule has 1 aromatic rings. The molecule has 2 saturated heterocycles. The van der Waals surface area contributed by atoms with Crippen molar-refractivity contribution in [3.8, 4) is 0 Å². The minimum absolute atomic E-state index is 0.305. The number of aryl methyl sites for hydroxylation is 2. The summed E-state index contributed by atoms with van der Waals surface area (Å²) in [5.41, 5.74) is 4.00. The molecule has 1 aromatic carbocycles. The van der Waals surface area contributed by atoms with Gasteiger partial charge < -0.3 is 9.80 Å². The molecule has 2 aliphatic heterocycles. The molecule has 2 aliphatic rings. The second kappa shape index (κ2) is 9.07. The van der Waals surface area contributed by atoms with E-state index in [1.54, 1.807) is 0 Å². The van der Waals surface area contributed by atoms with Crippen LogP contribution >= 0.6 is 0 Å². The van der Waals surface area contributed by atoms with Gasteiger partial charge in [0.25, 0.3) is 0 Å². The fourth-order valence-electron chi connectivity index (χ4n) is 4.17. The van der Waals surface area contributed by atoms with Crippen LogP contribution in [0.2, 0.25) is 0 Å². The van der Waals surface area contributed by atoms with Crippen molar-refractivity contribution in [2.45, 2.75) is 40.2 Å². The van der Waals surface area contributed by atoms with Gasteiger partial charge in [-0.15, -0.1) is 0 Å². The summed E-state index contributed by atoms with van der Waals surface area (Å²) in [6, 6.07) is 7.29. The lowest BCUT2D eigenvalue weighted by molar-refractivity contribution is -0.134. The van der Waals surface area contributed by atoms with Crippen molar-refractivity contribution in [2.75, 3.05) is 63.8 Å². The zero-order valence-electron chi connectivity index (χ0n) is 17.6. The lowest BCUT2D eigenvalue weighted by Crippen LogP contribution is -2.55. The van der Waals surface area contributed by atoms with Crippen LogP contribution < -0.4 is 4.90 Å². The van der Waals surface area contributed by atoms with E-state index >= 15 is 0 Å². The fourth-order valence-corrected chi connectivity index (χ4v) is 4.17. The predicted molar refractivity (Wildman–Crippen MR) is 112 cm³/mol.